The van der Waals surface area contributed by atoms with E-state index < -0.39 is 24.2 Å². The minimum absolute atomic E-state index is 0.0806. The quantitative estimate of drug-likeness (QED) is 0.359. The van der Waals surface area contributed by atoms with Gasteiger partial charge in [0, 0.05) is 16.8 Å². The van der Waals surface area contributed by atoms with Crippen LogP contribution in [-0.4, -0.2) is 29.2 Å². The third-order valence-electron chi connectivity index (χ3n) is 3.71. The molecule has 0 saturated heterocycles. The molecule has 3 aromatic rings. The average molecular weight is 450 g/mol. The predicted molar refractivity (Wildman–Crippen MR) is 113 cm³/mol. The van der Waals surface area contributed by atoms with Gasteiger partial charge >= 0.3 is 5.97 Å². The smallest absolute Gasteiger partial charge is 0.358 e. The molecule has 1 amide bonds. The molecule has 156 valence electrons. The van der Waals surface area contributed by atoms with Crippen molar-refractivity contribution in [2.75, 3.05) is 17.2 Å². The van der Waals surface area contributed by atoms with Crippen LogP contribution in [0.15, 0.2) is 64.9 Å². The molecule has 0 saturated carbocycles. The molecule has 0 atom stereocenters. The van der Waals surface area contributed by atoms with E-state index in [1.165, 1.54) is 28.8 Å². The van der Waals surface area contributed by atoms with E-state index in [1.54, 1.807) is 12.1 Å². The molecule has 0 spiro atoms. The number of carbonyl (C=O) groups excluding carboxylic acids is 2. The van der Waals surface area contributed by atoms with Gasteiger partial charge in [-0.3, -0.25) is 4.79 Å². The molecular formula is C20H17F2N3O3S2. The number of anilines is 2. The fraction of sp³-hybridized carbons (Fsp3) is 0.150. The lowest BCUT2D eigenvalue weighted by Gasteiger charge is -2.10. The summed E-state index contributed by atoms with van der Waals surface area (Å²) in [5, 5.41) is 7.66. The van der Waals surface area contributed by atoms with Crippen molar-refractivity contribution < 1.29 is 23.1 Å². The van der Waals surface area contributed by atoms with Gasteiger partial charge in [-0.05, 0) is 17.7 Å². The van der Waals surface area contributed by atoms with Gasteiger partial charge in [-0.25, -0.2) is 9.78 Å². The summed E-state index contributed by atoms with van der Waals surface area (Å²) in [4.78, 5) is 28.5. The van der Waals surface area contributed by atoms with Crippen molar-refractivity contribution in [1.29, 1.82) is 0 Å². The summed E-state index contributed by atoms with van der Waals surface area (Å²) in [5.41, 5.74) is 1.38. The van der Waals surface area contributed by atoms with E-state index in [0.29, 0.717) is 23.4 Å². The number of aromatic nitrogens is 1. The fourth-order valence-corrected chi connectivity index (χ4v) is 3.66. The first-order chi connectivity index (χ1) is 14.5. The Balaban J connectivity index is 1.49. The maximum atomic E-state index is 12.6. The first-order valence-corrected chi connectivity index (χ1v) is 10.5. The molecule has 0 fully saturated rings. The molecule has 0 aliphatic carbocycles. The number of para-hydroxylation sites is 1. The Labute approximate surface area is 179 Å². The topological polar surface area (TPSA) is 80.3 Å². The largest absolute Gasteiger partial charge is 0.451 e. The first kappa shape index (κ1) is 21.7. The van der Waals surface area contributed by atoms with Crippen LogP contribution in [0.3, 0.4) is 0 Å². The van der Waals surface area contributed by atoms with Crippen LogP contribution < -0.4 is 10.6 Å². The molecule has 1 heterocycles. The van der Waals surface area contributed by atoms with Gasteiger partial charge < -0.3 is 15.4 Å². The maximum absolute atomic E-state index is 12.6. The van der Waals surface area contributed by atoms with Crippen molar-refractivity contribution >= 4 is 45.8 Å². The SMILES string of the molecule is O=C(COC(=O)c1csc(NCc2ccccc2)n1)Nc1ccccc1SC(F)F. The lowest BCUT2D eigenvalue weighted by atomic mass is 10.2. The van der Waals surface area contributed by atoms with E-state index >= 15 is 0 Å². The molecule has 3 rings (SSSR count). The Morgan fingerprint density at radius 3 is 2.60 bits per heavy atom. The number of carbonyl (C=O) groups is 2. The van der Waals surface area contributed by atoms with Crippen molar-refractivity contribution in [1.82, 2.24) is 4.98 Å². The van der Waals surface area contributed by atoms with Crippen LogP contribution in [0.2, 0.25) is 0 Å². The lowest BCUT2D eigenvalue weighted by molar-refractivity contribution is -0.119. The molecule has 10 heteroatoms. The Bertz CT molecular complexity index is 1000. The summed E-state index contributed by atoms with van der Waals surface area (Å²) in [5.74, 6) is -4.00. The number of ether oxygens (including phenoxy) is 1. The van der Waals surface area contributed by atoms with Gasteiger partial charge in [-0.2, -0.15) is 8.78 Å². The minimum atomic E-state index is -2.62. The van der Waals surface area contributed by atoms with Crippen LogP contribution >= 0.6 is 23.1 Å². The standard InChI is InChI=1S/C20H17F2N3O3S2/c21-19(22)30-16-9-5-4-8-14(16)24-17(26)11-28-18(27)15-12-29-20(25-15)23-10-13-6-2-1-3-7-13/h1-9,12,19H,10-11H2,(H,23,25)(H,24,26). The van der Waals surface area contributed by atoms with E-state index in [-0.39, 0.29) is 16.3 Å². The number of hydrogen-bond acceptors (Lipinski definition) is 7. The van der Waals surface area contributed by atoms with E-state index in [9.17, 15) is 18.4 Å². The summed E-state index contributed by atoms with van der Waals surface area (Å²) in [6, 6.07) is 15.9. The summed E-state index contributed by atoms with van der Waals surface area (Å²) >= 11 is 1.57. The maximum Gasteiger partial charge on any atom is 0.358 e. The lowest BCUT2D eigenvalue weighted by Crippen LogP contribution is -2.21. The highest BCUT2D eigenvalue weighted by atomic mass is 32.2. The monoisotopic (exact) mass is 449 g/mol. The normalized spacial score (nSPS) is 10.6. The summed E-state index contributed by atoms with van der Waals surface area (Å²) in [6.45, 7) is -0.00188. The average Bonchev–Trinajstić information content (AvgIpc) is 3.21. The second-order valence-electron chi connectivity index (χ2n) is 5.88. The van der Waals surface area contributed by atoms with E-state index in [2.05, 4.69) is 15.6 Å². The molecule has 0 unspecified atom stereocenters. The van der Waals surface area contributed by atoms with Crippen LogP contribution in [0.1, 0.15) is 16.1 Å². The predicted octanol–water partition coefficient (Wildman–Crippen LogP) is 4.87. The molecule has 0 aliphatic rings. The second kappa shape index (κ2) is 10.7. The Morgan fingerprint density at radius 1 is 1.10 bits per heavy atom. The molecule has 0 bridgehead atoms. The molecular weight excluding hydrogens is 432 g/mol. The van der Waals surface area contributed by atoms with E-state index in [4.69, 9.17) is 4.74 Å². The molecule has 2 N–H and O–H groups in total. The Kier molecular flexibility index (Phi) is 7.75. The Morgan fingerprint density at radius 2 is 1.83 bits per heavy atom. The second-order valence-corrected chi connectivity index (χ2v) is 7.77. The van der Waals surface area contributed by atoms with Crippen LogP contribution in [0.25, 0.3) is 0 Å². The number of thioether (sulfide) groups is 1. The van der Waals surface area contributed by atoms with Crippen molar-refractivity contribution in [3.63, 3.8) is 0 Å². The number of benzene rings is 2. The molecule has 30 heavy (non-hydrogen) atoms. The highest BCUT2D eigenvalue weighted by Gasteiger charge is 2.16. The fourth-order valence-electron chi connectivity index (χ4n) is 2.38. The van der Waals surface area contributed by atoms with Gasteiger partial charge in [-0.15, -0.1) is 11.3 Å². The van der Waals surface area contributed by atoms with Crippen LogP contribution in [0.5, 0.6) is 0 Å². The molecule has 0 radical (unpaired) electrons. The van der Waals surface area contributed by atoms with Gasteiger partial charge in [-0.1, -0.05) is 54.2 Å². The third kappa shape index (κ3) is 6.53. The molecule has 0 aliphatic heterocycles. The Hall–Kier alpha value is -2.98. The minimum Gasteiger partial charge on any atom is -0.451 e. The number of thiazole rings is 1. The number of alkyl halides is 2. The van der Waals surface area contributed by atoms with Crippen molar-refractivity contribution in [2.45, 2.75) is 17.2 Å². The summed E-state index contributed by atoms with van der Waals surface area (Å²) < 4.78 is 30.2. The number of nitrogens with zero attached hydrogens (tertiary/aromatic N) is 1. The molecule has 2 aromatic carbocycles. The zero-order valence-electron chi connectivity index (χ0n) is 15.5. The highest BCUT2D eigenvalue weighted by molar-refractivity contribution is 7.99. The number of hydrogen-bond donors (Lipinski definition) is 2. The molecule has 1 aromatic heterocycles. The summed E-state index contributed by atoms with van der Waals surface area (Å²) in [6.07, 6.45) is 0. The number of esters is 1. The summed E-state index contributed by atoms with van der Waals surface area (Å²) in [7, 11) is 0. The number of rotatable bonds is 9. The number of nitrogens with one attached hydrogen (secondary N) is 2. The first-order valence-electron chi connectivity index (χ1n) is 8.75. The van der Waals surface area contributed by atoms with Crippen molar-refractivity contribution in [2.24, 2.45) is 0 Å². The van der Waals surface area contributed by atoms with Crippen LogP contribution in [-0.2, 0) is 16.1 Å². The van der Waals surface area contributed by atoms with Crippen LogP contribution in [0.4, 0.5) is 19.6 Å². The highest BCUT2D eigenvalue weighted by Crippen LogP contribution is 2.31. The molecule has 6 nitrogen and oxygen atoms in total. The van der Waals surface area contributed by atoms with Gasteiger partial charge in [0.15, 0.2) is 17.4 Å². The van der Waals surface area contributed by atoms with Crippen molar-refractivity contribution in [3.05, 3.63) is 71.2 Å². The van der Waals surface area contributed by atoms with Gasteiger partial charge in [0.25, 0.3) is 11.7 Å². The number of halogens is 2. The van der Waals surface area contributed by atoms with Crippen molar-refractivity contribution in [3.8, 4) is 0 Å². The zero-order valence-corrected chi connectivity index (χ0v) is 17.1. The third-order valence-corrected chi connectivity index (χ3v) is 5.30. The van der Waals surface area contributed by atoms with Gasteiger partial charge in [0.05, 0.1) is 5.69 Å². The van der Waals surface area contributed by atoms with Gasteiger partial charge in [0.2, 0.25) is 0 Å². The van der Waals surface area contributed by atoms with E-state index in [1.807, 2.05) is 30.3 Å². The van der Waals surface area contributed by atoms with Gasteiger partial charge in [0.1, 0.15) is 0 Å². The number of amides is 1. The van der Waals surface area contributed by atoms with Crippen LogP contribution in [0, 0.1) is 0 Å². The van der Waals surface area contributed by atoms with E-state index in [0.717, 1.165) is 5.56 Å². The zero-order chi connectivity index (χ0) is 21.3.